The van der Waals surface area contributed by atoms with E-state index in [0.29, 0.717) is 0 Å². The summed E-state index contributed by atoms with van der Waals surface area (Å²) in [5, 5.41) is 0. The zero-order chi connectivity index (χ0) is 17.3. The van der Waals surface area contributed by atoms with Crippen LogP contribution in [-0.4, -0.2) is 33.5 Å². The van der Waals surface area contributed by atoms with Gasteiger partial charge < -0.3 is 4.90 Å². The Morgan fingerprint density at radius 3 is 1.48 bits per heavy atom. The average molecular weight is 351 g/mol. The molecule has 2 nitrogen and oxygen atoms in total. The van der Waals surface area contributed by atoms with Crippen molar-refractivity contribution in [2.45, 2.75) is 77.8 Å². The predicted octanol–water partition coefficient (Wildman–Crippen LogP) is 5.98. The predicted molar refractivity (Wildman–Crippen MR) is 111 cm³/mol. The van der Waals surface area contributed by atoms with Gasteiger partial charge in [-0.1, -0.05) is 83.9 Å². The minimum atomic E-state index is -1.19. The van der Waals surface area contributed by atoms with Crippen molar-refractivity contribution in [3.8, 4) is 0 Å². The lowest BCUT2D eigenvalue weighted by molar-refractivity contribution is 0.914. The molecule has 0 unspecified atom stereocenters. The highest BCUT2D eigenvalue weighted by Gasteiger charge is 2.35. The van der Waals surface area contributed by atoms with E-state index in [-0.39, 0.29) is 0 Å². The molecule has 1 heterocycles. The number of hydrogen-bond acceptors (Lipinski definition) is 2. The molecule has 1 aromatic rings. The lowest BCUT2D eigenvalue weighted by Crippen LogP contribution is -2.53. The highest BCUT2D eigenvalue weighted by Crippen LogP contribution is 2.28. The SMILES string of the molecule is CC[Si](CC)(CC)CN(C[Si](CC)(CC)CC)c1ccccn1. The molecule has 0 aliphatic rings. The van der Waals surface area contributed by atoms with Crippen molar-refractivity contribution < 1.29 is 0 Å². The van der Waals surface area contributed by atoms with E-state index in [4.69, 9.17) is 4.98 Å². The third-order valence-electron chi connectivity index (χ3n) is 6.53. The Morgan fingerprint density at radius 2 is 1.17 bits per heavy atom. The number of hydrogen-bond donors (Lipinski definition) is 0. The van der Waals surface area contributed by atoms with Crippen LogP contribution in [0.3, 0.4) is 0 Å². The van der Waals surface area contributed by atoms with Gasteiger partial charge >= 0.3 is 0 Å². The van der Waals surface area contributed by atoms with Gasteiger partial charge in [0.15, 0.2) is 0 Å². The van der Waals surface area contributed by atoms with Gasteiger partial charge in [-0.3, -0.25) is 0 Å². The monoisotopic (exact) mass is 350 g/mol. The number of rotatable bonds is 11. The highest BCUT2D eigenvalue weighted by atomic mass is 28.3. The van der Waals surface area contributed by atoms with E-state index in [1.165, 1.54) is 54.4 Å². The molecule has 0 bridgehead atoms. The maximum atomic E-state index is 4.72. The van der Waals surface area contributed by atoms with Crippen molar-refractivity contribution >= 4 is 22.0 Å². The fourth-order valence-electron chi connectivity index (χ4n) is 3.74. The summed E-state index contributed by atoms with van der Waals surface area (Å²) in [4.78, 5) is 7.42. The maximum absolute atomic E-state index is 4.72. The van der Waals surface area contributed by atoms with Gasteiger partial charge in [-0.25, -0.2) is 4.98 Å². The first-order valence-corrected chi connectivity index (χ1v) is 15.4. The molecular weight excluding hydrogens is 312 g/mol. The molecule has 0 saturated heterocycles. The summed E-state index contributed by atoms with van der Waals surface area (Å²) >= 11 is 0. The summed E-state index contributed by atoms with van der Waals surface area (Å²) < 4.78 is 0. The van der Waals surface area contributed by atoms with E-state index in [1.54, 1.807) is 0 Å². The summed E-state index contributed by atoms with van der Waals surface area (Å²) in [7, 11) is -2.39. The van der Waals surface area contributed by atoms with Gasteiger partial charge in [0.2, 0.25) is 0 Å². The standard InChI is InChI=1S/C19H38N2Si2/c1-7-22(8-2,9-3)17-21(19-15-13-14-16-20-19)18-23(10-4,11-5)12-6/h13-16H,7-12,17-18H2,1-6H3. The molecular formula is C19H38N2Si2. The molecule has 0 amide bonds. The molecule has 0 fully saturated rings. The Balaban J connectivity index is 3.13. The summed E-state index contributed by atoms with van der Waals surface area (Å²) in [5.74, 6) is 1.21. The normalized spacial score (nSPS) is 12.4. The molecule has 4 heteroatoms. The molecule has 0 saturated carbocycles. The number of nitrogens with zero attached hydrogens (tertiary/aromatic N) is 2. The number of aromatic nitrogens is 1. The van der Waals surface area contributed by atoms with Gasteiger partial charge in [0.25, 0.3) is 0 Å². The van der Waals surface area contributed by atoms with Gasteiger partial charge in [0.05, 0.1) is 16.1 Å². The third kappa shape index (κ3) is 5.18. The van der Waals surface area contributed by atoms with Crippen LogP contribution in [0.25, 0.3) is 0 Å². The second kappa shape index (κ2) is 9.62. The van der Waals surface area contributed by atoms with E-state index in [9.17, 15) is 0 Å². The molecule has 23 heavy (non-hydrogen) atoms. The second-order valence-corrected chi connectivity index (χ2v) is 18.0. The Bertz CT molecular complexity index is 390. The Morgan fingerprint density at radius 1 is 0.739 bits per heavy atom. The van der Waals surface area contributed by atoms with Crippen LogP contribution in [0.1, 0.15) is 41.5 Å². The van der Waals surface area contributed by atoms with Crippen molar-refractivity contribution in [3.05, 3.63) is 24.4 Å². The quantitative estimate of drug-likeness (QED) is 0.456. The van der Waals surface area contributed by atoms with Gasteiger partial charge in [-0.05, 0) is 12.1 Å². The van der Waals surface area contributed by atoms with E-state index in [0.717, 1.165) is 0 Å². The van der Waals surface area contributed by atoms with Crippen LogP contribution >= 0.6 is 0 Å². The van der Waals surface area contributed by atoms with Gasteiger partial charge in [0, 0.05) is 18.5 Å². The molecule has 0 aliphatic heterocycles. The van der Waals surface area contributed by atoms with Crippen LogP contribution in [-0.2, 0) is 0 Å². The molecule has 0 atom stereocenters. The third-order valence-corrected chi connectivity index (χ3v) is 17.6. The number of anilines is 1. The summed E-state index contributed by atoms with van der Waals surface area (Å²) in [6.07, 6.45) is 4.55. The van der Waals surface area contributed by atoms with E-state index in [1.807, 2.05) is 12.3 Å². The number of pyridine rings is 1. The molecule has 1 aromatic heterocycles. The van der Waals surface area contributed by atoms with Crippen molar-refractivity contribution in [1.29, 1.82) is 0 Å². The van der Waals surface area contributed by atoms with Crippen LogP contribution < -0.4 is 4.90 Å². The average Bonchev–Trinajstić information content (AvgIpc) is 2.64. The molecule has 1 rings (SSSR count). The first-order valence-electron chi connectivity index (χ1n) is 9.70. The smallest absolute Gasteiger partial charge is 0.127 e. The van der Waals surface area contributed by atoms with E-state index < -0.39 is 16.1 Å². The van der Waals surface area contributed by atoms with Crippen LogP contribution in [0.2, 0.25) is 36.3 Å². The molecule has 0 radical (unpaired) electrons. The minimum Gasteiger partial charge on any atom is -0.362 e. The Kier molecular flexibility index (Phi) is 8.55. The molecule has 0 N–H and O–H groups in total. The summed E-state index contributed by atoms with van der Waals surface area (Å²) in [5.41, 5.74) is 0. The Hall–Kier alpha value is -0.616. The fraction of sp³-hybridized carbons (Fsp3) is 0.737. The summed E-state index contributed by atoms with van der Waals surface area (Å²) in [6, 6.07) is 14.8. The van der Waals surface area contributed by atoms with Crippen LogP contribution in [0.4, 0.5) is 5.82 Å². The molecule has 132 valence electrons. The molecule has 0 aliphatic carbocycles. The lowest BCUT2D eigenvalue weighted by Gasteiger charge is -2.41. The zero-order valence-electron chi connectivity index (χ0n) is 16.4. The van der Waals surface area contributed by atoms with E-state index in [2.05, 4.69) is 58.6 Å². The topological polar surface area (TPSA) is 16.1 Å². The van der Waals surface area contributed by atoms with Crippen LogP contribution in [0.15, 0.2) is 24.4 Å². The van der Waals surface area contributed by atoms with Gasteiger partial charge in [-0.15, -0.1) is 0 Å². The van der Waals surface area contributed by atoms with Crippen LogP contribution in [0.5, 0.6) is 0 Å². The van der Waals surface area contributed by atoms with E-state index >= 15 is 0 Å². The minimum absolute atomic E-state index is 1.19. The van der Waals surface area contributed by atoms with Crippen LogP contribution in [0, 0.1) is 0 Å². The van der Waals surface area contributed by atoms with Crippen molar-refractivity contribution in [3.63, 3.8) is 0 Å². The first-order chi connectivity index (χ1) is 11.0. The molecule has 0 aromatic carbocycles. The molecule has 0 spiro atoms. The largest absolute Gasteiger partial charge is 0.362 e. The first kappa shape index (κ1) is 20.4. The Labute approximate surface area is 146 Å². The van der Waals surface area contributed by atoms with Crippen molar-refractivity contribution in [1.82, 2.24) is 4.98 Å². The second-order valence-electron chi connectivity index (χ2n) is 7.17. The van der Waals surface area contributed by atoms with Gasteiger partial charge in [0.1, 0.15) is 5.82 Å². The zero-order valence-corrected chi connectivity index (χ0v) is 18.4. The lowest BCUT2D eigenvalue weighted by atomic mass is 10.4. The van der Waals surface area contributed by atoms with Gasteiger partial charge in [-0.2, -0.15) is 0 Å². The maximum Gasteiger partial charge on any atom is 0.127 e. The van der Waals surface area contributed by atoms with Crippen molar-refractivity contribution in [2.75, 3.05) is 17.2 Å². The summed E-state index contributed by atoms with van der Waals surface area (Å²) in [6.45, 7) is 14.5. The fourth-order valence-corrected chi connectivity index (χ4v) is 10.5. The van der Waals surface area contributed by atoms with Crippen molar-refractivity contribution in [2.24, 2.45) is 0 Å². The highest BCUT2D eigenvalue weighted by molar-refractivity contribution is 6.82.